The van der Waals surface area contributed by atoms with Gasteiger partial charge in [-0.05, 0) is 25.7 Å². The quantitative estimate of drug-likeness (QED) is 0.812. The zero-order chi connectivity index (χ0) is 15.9. The first-order valence-corrected chi connectivity index (χ1v) is 6.98. The van der Waals surface area contributed by atoms with Crippen LogP contribution < -0.4 is 0 Å². The van der Waals surface area contributed by atoms with Crippen LogP contribution in [0.5, 0.6) is 0 Å². The summed E-state index contributed by atoms with van der Waals surface area (Å²) in [6, 6.07) is 0. The maximum atomic E-state index is 14.1. The Bertz CT molecular complexity index is 380. The van der Waals surface area contributed by atoms with E-state index in [4.69, 9.17) is 4.74 Å². The van der Waals surface area contributed by atoms with E-state index in [1.165, 1.54) is 0 Å². The Labute approximate surface area is 119 Å². The Balaban J connectivity index is 2.08. The third-order valence-electron chi connectivity index (χ3n) is 4.39. The second-order valence-corrected chi connectivity index (χ2v) is 6.05. The van der Waals surface area contributed by atoms with Gasteiger partial charge in [0.1, 0.15) is 0 Å². The van der Waals surface area contributed by atoms with Gasteiger partial charge in [-0.3, -0.25) is 0 Å². The topological polar surface area (TPSA) is 38.7 Å². The molecule has 1 saturated carbocycles. The summed E-state index contributed by atoms with van der Waals surface area (Å²) in [6.07, 6.45) is -0.977. The van der Waals surface area contributed by atoms with Gasteiger partial charge < -0.3 is 14.6 Å². The SMILES string of the molecule is CC1(OCC2CCCCC2)COC(O)(C(F)(F)F)C1(F)F. The predicted octanol–water partition coefficient (Wildman–Crippen LogP) is 3.26. The van der Waals surface area contributed by atoms with Gasteiger partial charge in [0.05, 0.1) is 13.2 Å². The molecule has 1 aliphatic heterocycles. The van der Waals surface area contributed by atoms with Crippen molar-refractivity contribution in [3.63, 3.8) is 0 Å². The highest BCUT2D eigenvalue weighted by molar-refractivity contribution is 5.09. The predicted molar refractivity (Wildman–Crippen MR) is 62.8 cm³/mol. The number of alkyl halides is 5. The molecule has 2 fully saturated rings. The average Bonchev–Trinajstić information content (AvgIpc) is 2.59. The number of hydrogen-bond donors (Lipinski definition) is 1. The Kier molecular flexibility index (Phi) is 4.27. The van der Waals surface area contributed by atoms with Gasteiger partial charge in [0, 0.05) is 0 Å². The van der Waals surface area contributed by atoms with Gasteiger partial charge >= 0.3 is 17.9 Å². The third kappa shape index (κ3) is 2.66. The number of rotatable bonds is 3. The fourth-order valence-electron chi connectivity index (χ4n) is 2.83. The third-order valence-corrected chi connectivity index (χ3v) is 4.39. The van der Waals surface area contributed by atoms with E-state index < -0.39 is 30.1 Å². The summed E-state index contributed by atoms with van der Waals surface area (Å²) in [5, 5.41) is 9.25. The first-order valence-electron chi connectivity index (χ1n) is 6.98. The molecule has 0 aromatic rings. The largest absolute Gasteiger partial charge is 0.449 e. The molecule has 8 heteroatoms. The van der Waals surface area contributed by atoms with Crippen LogP contribution in [0.15, 0.2) is 0 Å². The smallest absolute Gasteiger partial charge is 0.366 e. The van der Waals surface area contributed by atoms with Gasteiger partial charge in [-0.25, -0.2) is 0 Å². The van der Waals surface area contributed by atoms with Crippen molar-refractivity contribution in [3.05, 3.63) is 0 Å². The van der Waals surface area contributed by atoms with Crippen LogP contribution in [-0.4, -0.2) is 41.8 Å². The molecule has 2 unspecified atom stereocenters. The van der Waals surface area contributed by atoms with E-state index in [1.54, 1.807) is 0 Å². The lowest BCUT2D eigenvalue weighted by Gasteiger charge is -2.37. The molecule has 0 bridgehead atoms. The molecule has 1 N–H and O–H groups in total. The van der Waals surface area contributed by atoms with Gasteiger partial charge in [-0.1, -0.05) is 19.3 Å². The molecule has 0 aromatic carbocycles. The van der Waals surface area contributed by atoms with Gasteiger partial charge in [0.25, 0.3) is 0 Å². The van der Waals surface area contributed by atoms with Gasteiger partial charge in [-0.2, -0.15) is 22.0 Å². The summed E-state index contributed by atoms with van der Waals surface area (Å²) < 4.78 is 75.3. The van der Waals surface area contributed by atoms with Crippen molar-refractivity contribution in [1.82, 2.24) is 0 Å². The zero-order valence-corrected chi connectivity index (χ0v) is 11.7. The van der Waals surface area contributed by atoms with Crippen LogP contribution in [0.2, 0.25) is 0 Å². The molecule has 1 saturated heterocycles. The average molecular weight is 318 g/mol. The molecule has 2 aliphatic rings. The van der Waals surface area contributed by atoms with Gasteiger partial charge in [0.15, 0.2) is 5.60 Å². The highest BCUT2D eigenvalue weighted by atomic mass is 19.4. The zero-order valence-electron chi connectivity index (χ0n) is 11.7. The Morgan fingerprint density at radius 1 is 1.19 bits per heavy atom. The van der Waals surface area contributed by atoms with Crippen LogP contribution in [0, 0.1) is 5.92 Å². The lowest BCUT2D eigenvalue weighted by Crippen LogP contribution is -2.63. The van der Waals surface area contributed by atoms with E-state index in [1.807, 2.05) is 0 Å². The molecule has 124 valence electrons. The van der Waals surface area contributed by atoms with Crippen LogP contribution >= 0.6 is 0 Å². The minimum Gasteiger partial charge on any atom is -0.366 e. The monoisotopic (exact) mass is 318 g/mol. The Morgan fingerprint density at radius 3 is 2.24 bits per heavy atom. The van der Waals surface area contributed by atoms with Crippen molar-refractivity contribution in [2.24, 2.45) is 5.92 Å². The summed E-state index contributed by atoms with van der Waals surface area (Å²) in [7, 11) is 0. The minimum atomic E-state index is -5.59. The molecular formula is C13H19F5O3. The lowest BCUT2D eigenvalue weighted by atomic mass is 9.89. The van der Waals surface area contributed by atoms with E-state index in [0.717, 1.165) is 39.0 Å². The van der Waals surface area contributed by atoms with Crippen molar-refractivity contribution in [1.29, 1.82) is 0 Å². The van der Waals surface area contributed by atoms with Crippen molar-refractivity contribution < 1.29 is 36.5 Å². The molecule has 2 atom stereocenters. The van der Waals surface area contributed by atoms with Crippen LogP contribution in [0.1, 0.15) is 39.0 Å². The fraction of sp³-hybridized carbons (Fsp3) is 1.00. The lowest BCUT2D eigenvalue weighted by molar-refractivity contribution is -0.410. The van der Waals surface area contributed by atoms with E-state index in [9.17, 15) is 27.1 Å². The summed E-state index contributed by atoms with van der Waals surface area (Å²) in [5.41, 5.74) is -2.49. The van der Waals surface area contributed by atoms with E-state index in [2.05, 4.69) is 4.74 Å². The summed E-state index contributed by atoms with van der Waals surface area (Å²) >= 11 is 0. The van der Waals surface area contributed by atoms with Crippen molar-refractivity contribution in [2.45, 2.75) is 62.5 Å². The first kappa shape index (κ1) is 16.9. The van der Waals surface area contributed by atoms with Crippen LogP contribution in [-0.2, 0) is 9.47 Å². The molecular weight excluding hydrogens is 299 g/mol. The molecule has 2 rings (SSSR count). The van der Waals surface area contributed by atoms with Gasteiger partial charge in [-0.15, -0.1) is 0 Å². The molecule has 0 aromatic heterocycles. The summed E-state index contributed by atoms with van der Waals surface area (Å²) in [6.45, 7) is -0.217. The highest BCUT2D eigenvalue weighted by Crippen LogP contribution is 2.54. The molecule has 3 nitrogen and oxygen atoms in total. The van der Waals surface area contributed by atoms with Crippen LogP contribution in [0.4, 0.5) is 22.0 Å². The maximum absolute atomic E-state index is 14.1. The molecule has 21 heavy (non-hydrogen) atoms. The fourth-order valence-corrected chi connectivity index (χ4v) is 2.83. The molecule has 0 radical (unpaired) electrons. The molecule has 1 aliphatic carbocycles. The first-order chi connectivity index (χ1) is 9.54. The number of hydrogen-bond acceptors (Lipinski definition) is 3. The standard InChI is InChI=1S/C13H19F5O3/c1-10(20-7-9-5-3-2-4-6-9)8-21-12(19,11(10,14)15)13(16,17)18/h9,19H,2-8H2,1H3. The molecule has 0 spiro atoms. The Morgan fingerprint density at radius 2 is 1.76 bits per heavy atom. The van der Waals surface area contributed by atoms with Crippen molar-refractivity contribution in [2.75, 3.05) is 13.2 Å². The number of ether oxygens (including phenoxy) is 2. The highest BCUT2D eigenvalue weighted by Gasteiger charge is 2.81. The van der Waals surface area contributed by atoms with E-state index in [-0.39, 0.29) is 12.5 Å². The van der Waals surface area contributed by atoms with Crippen molar-refractivity contribution >= 4 is 0 Å². The summed E-state index contributed by atoms with van der Waals surface area (Å²) in [5.74, 6) is -9.01. The Hall–Kier alpha value is -0.470. The number of aliphatic hydroxyl groups is 1. The van der Waals surface area contributed by atoms with Crippen LogP contribution in [0.3, 0.4) is 0 Å². The number of halogens is 5. The van der Waals surface area contributed by atoms with Crippen LogP contribution in [0.25, 0.3) is 0 Å². The second-order valence-electron chi connectivity index (χ2n) is 6.05. The van der Waals surface area contributed by atoms with E-state index in [0.29, 0.717) is 0 Å². The maximum Gasteiger partial charge on any atom is 0.449 e. The van der Waals surface area contributed by atoms with Gasteiger partial charge in [0.2, 0.25) is 0 Å². The summed E-state index contributed by atoms with van der Waals surface area (Å²) in [4.78, 5) is 0. The molecule has 1 heterocycles. The molecule has 0 amide bonds. The normalized spacial score (nSPS) is 37.9. The minimum absolute atomic E-state index is 0.0522. The van der Waals surface area contributed by atoms with E-state index >= 15 is 0 Å². The second kappa shape index (κ2) is 5.31. The van der Waals surface area contributed by atoms with Crippen molar-refractivity contribution in [3.8, 4) is 0 Å².